The van der Waals surface area contributed by atoms with Crippen molar-refractivity contribution in [2.24, 2.45) is 0 Å². The Bertz CT molecular complexity index is 1000. The van der Waals surface area contributed by atoms with E-state index in [2.05, 4.69) is 20.6 Å². The molecule has 2 aliphatic carbocycles. The molecule has 0 unspecified atom stereocenters. The molecule has 0 bridgehead atoms. The standard InChI is InChI=1S/C20H24N6O4S/c27-15(23-17-19(29)25(9-7-21-17)13-1-2-13)5-11-31-12-6-16(28)24-18-20(30)26(10-8-22-18)14-3-4-14/h7-10,13-14H,1-6,11-12H2,(H,21,23,27)(H,22,24,28). The van der Waals surface area contributed by atoms with Gasteiger partial charge in [0.15, 0.2) is 11.6 Å². The number of hydrogen-bond acceptors (Lipinski definition) is 7. The zero-order chi connectivity index (χ0) is 21.8. The van der Waals surface area contributed by atoms with Gasteiger partial charge in [0.05, 0.1) is 0 Å². The van der Waals surface area contributed by atoms with Gasteiger partial charge in [-0.25, -0.2) is 9.97 Å². The Morgan fingerprint density at radius 2 is 1.26 bits per heavy atom. The van der Waals surface area contributed by atoms with Gasteiger partial charge < -0.3 is 19.8 Å². The minimum Gasteiger partial charge on any atom is -0.308 e. The van der Waals surface area contributed by atoms with Crippen LogP contribution in [0.25, 0.3) is 0 Å². The number of nitrogens with one attached hydrogen (secondary N) is 2. The monoisotopic (exact) mass is 444 g/mol. The van der Waals surface area contributed by atoms with E-state index in [0.717, 1.165) is 25.7 Å². The number of nitrogens with zero attached hydrogens (tertiary/aromatic N) is 4. The second-order valence-corrected chi connectivity index (χ2v) is 8.87. The Labute approximate surface area is 182 Å². The maximum Gasteiger partial charge on any atom is 0.293 e. The lowest BCUT2D eigenvalue weighted by Gasteiger charge is -2.08. The first-order valence-corrected chi connectivity index (χ1v) is 11.5. The van der Waals surface area contributed by atoms with Crippen molar-refractivity contribution >= 4 is 35.2 Å². The molecule has 2 saturated carbocycles. The maximum absolute atomic E-state index is 12.3. The summed E-state index contributed by atoms with van der Waals surface area (Å²) in [6.07, 6.45) is 10.6. The van der Waals surface area contributed by atoms with Crippen LogP contribution in [0.1, 0.15) is 50.6 Å². The van der Waals surface area contributed by atoms with Gasteiger partial charge in [0.25, 0.3) is 11.1 Å². The van der Waals surface area contributed by atoms with Crippen LogP contribution in [0.15, 0.2) is 34.4 Å². The van der Waals surface area contributed by atoms with E-state index in [9.17, 15) is 19.2 Å². The van der Waals surface area contributed by atoms with Crippen LogP contribution in [0.5, 0.6) is 0 Å². The Morgan fingerprint density at radius 3 is 1.65 bits per heavy atom. The van der Waals surface area contributed by atoms with E-state index in [1.165, 1.54) is 24.2 Å². The van der Waals surface area contributed by atoms with Gasteiger partial charge in [-0.2, -0.15) is 11.8 Å². The Balaban J connectivity index is 1.16. The Morgan fingerprint density at radius 1 is 0.839 bits per heavy atom. The van der Waals surface area contributed by atoms with E-state index < -0.39 is 0 Å². The van der Waals surface area contributed by atoms with Crippen molar-refractivity contribution < 1.29 is 9.59 Å². The number of hydrogen-bond donors (Lipinski definition) is 2. The molecule has 0 saturated heterocycles. The minimum absolute atomic E-state index is 0.0518. The summed E-state index contributed by atoms with van der Waals surface area (Å²) in [5.41, 5.74) is -0.559. The van der Waals surface area contributed by atoms with Gasteiger partial charge in [0.1, 0.15) is 0 Å². The van der Waals surface area contributed by atoms with E-state index in [1.807, 2.05) is 0 Å². The van der Waals surface area contributed by atoms with Gasteiger partial charge in [0, 0.05) is 61.2 Å². The van der Waals surface area contributed by atoms with E-state index in [1.54, 1.807) is 21.5 Å². The second kappa shape index (κ2) is 9.46. The third kappa shape index (κ3) is 5.60. The maximum atomic E-state index is 12.3. The van der Waals surface area contributed by atoms with Gasteiger partial charge in [-0.3, -0.25) is 19.2 Å². The van der Waals surface area contributed by atoms with Gasteiger partial charge in [-0.05, 0) is 25.7 Å². The summed E-state index contributed by atoms with van der Waals surface area (Å²) in [5.74, 6) is 0.530. The summed E-state index contributed by atoms with van der Waals surface area (Å²) in [5, 5.41) is 5.14. The topological polar surface area (TPSA) is 128 Å². The van der Waals surface area contributed by atoms with Crippen LogP contribution in [0, 0.1) is 0 Å². The van der Waals surface area contributed by atoms with Crippen LogP contribution in [0.4, 0.5) is 11.6 Å². The molecule has 4 rings (SSSR count). The third-order valence-electron chi connectivity index (χ3n) is 5.08. The predicted octanol–water partition coefficient (Wildman–Crippen LogP) is 1.56. The zero-order valence-electron chi connectivity index (χ0n) is 17.0. The third-order valence-corrected chi connectivity index (χ3v) is 6.06. The smallest absolute Gasteiger partial charge is 0.293 e. The molecule has 2 fully saturated rings. The lowest BCUT2D eigenvalue weighted by Crippen LogP contribution is -2.26. The summed E-state index contributed by atoms with van der Waals surface area (Å²) in [4.78, 5) is 56.7. The molecule has 11 heteroatoms. The molecule has 10 nitrogen and oxygen atoms in total. The van der Waals surface area contributed by atoms with Crippen LogP contribution < -0.4 is 21.8 Å². The Hall–Kier alpha value is -2.95. The number of rotatable bonds is 10. The van der Waals surface area contributed by atoms with E-state index in [4.69, 9.17) is 0 Å². The molecule has 2 aromatic heterocycles. The first kappa shape index (κ1) is 21.3. The van der Waals surface area contributed by atoms with Crippen LogP contribution in [0.2, 0.25) is 0 Å². The molecule has 0 atom stereocenters. The summed E-state index contributed by atoms with van der Waals surface area (Å²) < 4.78 is 3.22. The fourth-order valence-electron chi connectivity index (χ4n) is 3.12. The molecular weight excluding hydrogens is 420 g/mol. The van der Waals surface area contributed by atoms with Crippen LogP contribution in [-0.4, -0.2) is 42.4 Å². The highest BCUT2D eigenvalue weighted by Gasteiger charge is 2.26. The number of carbonyl (C=O) groups excluding carboxylic acids is 2. The second-order valence-electron chi connectivity index (χ2n) is 7.65. The van der Waals surface area contributed by atoms with Crippen molar-refractivity contribution in [3.8, 4) is 0 Å². The molecule has 0 aromatic carbocycles. The summed E-state index contributed by atoms with van der Waals surface area (Å²) in [7, 11) is 0. The van der Waals surface area contributed by atoms with Crippen LogP contribution in [0.3, 0.4) is 0 Å². The van der Waals surface area contributed by atoms with E-state index in [-0.39, 0.29) is 59.5 Å². The molecule has 0 aliphatic heterocycles. The van der Waals surface area contributed by atoms with Crippen LogP contribution >= 0.6 is 11.8 Å². The van der Waals surface area contributed by atoms with E-state index in [0.29, 0.717) is 11.5 Å². The van der Waals surface area contributed by atoms with Crippen molar-refractivity contribution in [1.82, 2.24) is 19.1 Å². The van der Waals surface area contributed by atoms with Crippen molar-refractivity contribution in [2.45, 2.75) is 50.6 Å². The molecular formula is C20H24N6O4S. The summed E-state index contributed by atoms with van der Waals surface area (Å²) >= 11 is 1.45. The zero-order valence-corrected chi connectivity index (χ0v) is 17.8. The van der Waals surface area contributed by atoms with Crippen LogP contribution in [-0.2, 0) is 9.59 Å². The number of amides is 2. The lowest BCUT2D eigenvalue weighted by atomic mass is 10.4. The molecule has 2 aliphatic rings. The van der Waals surface area contributed by atoms with Crippen molar-refractivity contribution in [3.63, 3.8) is 0 Å². The molecule has 0 radical (unpaired) electrons. The molecule has 31 heavy (non-hydrogen) atoms. The quantitative estimate of drug-likeness (QED) is 0.532. The van der Waals surface area contributed by atoms with Crippen molar-refractivity contribution in [1.29, 1.82) is 0 Å². The summed E-state index contributed by atoms with van der Waals surface area (Å²) in [6, 6.07) is 0.436. The molecule has 0 spiro atoms. The number of thioether (sulfide) groups is 1. The predicted molar refractivity (Wildman–Crippen MR) is 117 cm³/mol. The SMILES string of the molecule is O=C(CCSCCC(=O)Nc1nccn(C2CC2)c1=O)Nc1nccn(C2CC2)c1=O. The highest BCUT2D eigenvalue weighted by molar-refractivity contribution is 7.99. The largest absolute Gasteiger partial charge is 0.308 e. The van der Waals surface area contributed by atoms with Crippen molar-refractivity contribution in [2.75, 3.05) is 22.1 Å². The first-order chi connectivity index (χ1) is 15.0. The molecule has 2 N–H and O–H groups in total. The average Bonchev–Trinajstić information content (AvgIpc) is 3.64. The number of anilines is 2. The Kier molecular flexibility index (Phi) is 6.50. The summed E-state index contributed by atoms with van der Waals surface area (Å²) in [6.45, 7) is 0. The van der Waals surface area contributed by atoms with Gasteiger partial charge in [-0.1, -0.05) is 0 Å². The normalized spacial score (nSPS) is 15.5. The van der Waals surface area contributed by atoms with Gasteiger partial charge in [0.2, 0.25) is 11.8 Å². The fraction of sp³-hybridized carbons (Fsp3) is 0.500. The lowest BCUT2D eigenvalue weighted by molar-refractivity contribution is -0.116. The molecule has 2 aromatic rings. The van der Waals surface area contributed by atoms with Crippen molar-refractivity contribution in [3.05, 3.63) is 45.5 Å². The highest BCUT2D eigenvalue weighted by atomic mass is 32.2. The van der Waals surface area contributed by atoms with Gasteiger partial charge in [-0.15, -0.1) is 0 Å². The molecule has 2 amide bonds. The fourth-order valence-corrected chi connectivity index (χ4v) is 3.99. The van der Waals surface area contributed by atoms with Gasteiger partial charge >= 0.3 is 0 Å². The highest BCUT2D eigenvalue weighted by Crippen LogP contribution is 2.33. The molecule has 164 valence electrons. The number of aromatic nitrogens is 4. The first-order valence-electron chi connectivity index (χ1n) is 10.3. The molecule has 2 heterocycles. The average molecular weight is 445 g/mol. The number of carbonyl (C=O) groups is 2. The van der Waals surface area contributed by atoms with E-state index >= 15 is 0 Å². The minimum atomic E-state index is -0.288.